The van der Waals surface area contributed by atoms with Gasteiger partial charge in [0.05, 0.1) is 42.0 Å². The third kappa shape index (κ3) is 5.77. The molecule has 10 heteroatoms. The smallest absolute Gasteiger partial charge is 0.155 e. The maximum atomic E-state index is 12.0. The predicted molar refractivity (Wildman–Crippen MR) is 139 cm³/mol. The zero-order valence-corrected chi connectivity index (χ0v) is 20.4. The number of thioether (sulfide) groups is 1. The van der Waals surface area contributed by atoms with Gasteiger partial charge in [0.2, 0.25) is 0 Å². The first-order chi connectivity index (χ1) is 16.6. The minimum absolute atomic E-state index is 0.436. The van der Waals surface area contributed by atoms with Crippen molar-refractivity contribution < 1.29 is 9.53 Å². The molecule has 1 aliphatic heterocycles. The third-order valence-electron chi connectivity index (χ3n) is 5.26. The second-order valence-electron chi connectivity index (χ2n) is 7.89. The maximum absolute atomic E-state index is 12.0. The molecule has 1 saturated heterocycles. The number of benzene rings is 1. The number of hydrogen-bond donors (Lipinski definition) is 3. The van der Waals surface area contributed by atoms with Crippen LogP contribution in [0.25, 0.3) is 0 Å². The van der Waals surface area contributed by atoms with Crippen molar-refractivity contribution in [3.05, 3.63) is 54.2 Å². The number of aldehydes is 1. The van der Waals surface area contributed by atoms with E-state index in [1.165, 1.54) is 0 Å². The summed E-state index contributed by atoms with van der Waals surface area (Å²) in [4.78, 5) is 24.6. The van der Waals surface area contributed by atoms with Crippen molar-refractivity contribution in [2.24, 2.45) is 0 Å². The fourth-order valence-electron chi connectivity index (χ4n) is 3.63. The minimum Gasteiger partial charge on any atom is -0.378 e. The van der Waals surface area contributed by atoms with Crippen LogP contribution < -0.4 is 21.0 Å². The van der Waals surface area contributed by atoms with Gasteiger partial charge in [-0.3, -0.25) is 4.79 Å². The largest absolute Gasteiger partial charge is 0.378 e. The second kappa shape index (κ2) is 11.2. The summed E-state index contributed by atoms with van der Waals surface area (Å²) in [5.74, 6) is 1.67. The van der Waals surface area contributed by atoms with E-state index in [9.17, 15) is 4.79 Å². The van der Waals surface area contributed by atoms with E-state index in [0.29, 0.717) is 28.7 Å². The second-order valence-corrected chi connectivity index (χ2v) is 8.74. The highest BCUT2D eigenvalue weighted by Gasteiger charge is 2.16. The van der Waals surface area contributed by atoms with Gasteiger partial charge in [-0.2, -0.15) is 0 Å². The minimum atomic E-state index is 0.436. The van der Waals surface area contributed by atoms with Crippen LogP contribution in [0.5, 0.6) is 0 Å². The first-order valence-electron chi connectivity index (χ1n) is 11.0. The summed E-state index contributed by atoms with van der Waals surface area (Å²) in [7, 11) is 3.69. The van der Waals surface area contributed by atoms with Gasteiger partial charge in [-0.25, -0.2) is 15.0 Å². The van der Waals surface area contributed by atoms with Crippen LogP contribution >= 0.6 is 11.8 Å². The molecule has 2 aromatic heterocycles. The third-order valence-corrected chi connectivity index (χ3v) is 6.06. The molecule has 1 fully saturated rings. The zero-order chi connectivity index (χ0) is 23.9. The van der Waals surface area contributed by atoms with Crippen LogP contribution in [0, 0.1) is 0 Å². The molecule has 34 heavy (non-hydrogen) atoms. The van der Waals surface area contributed by atoms with E-state index in [-0.39, 0.29) is 0 Å². The molecule has 3 N–H and O–H groups in total. The molecule has 4 rings (SSSR count). The van der Waals surface area contributed by atoms with Gasteiger partial charge >= 0.3 is 0 Å². The Bertz CT molecular complexity index is 1120. The lowest BCUT2D eigenvalue weighted by Gasteiger charge is -2.28. The summed E-state index contributed by atoms with van der Waals surface area (Å²) in [5, 5.41) is 8.42. The van der Waals surface area contributed by atoms with Crippen molar-refractivity contribution in [3.63, 3.8) is 0 Å². The van der Waals surface area contributed by atoms with Crippen molar-refractivity contribution in [3.8, 4) is 0 Å². The number of hydrazine groups is 1. The summed E-state index contributed by atoms with van der Waals surface area (Å²) < 4.78 is 5.43. The van der Waals surface area contributed by atoms with Gasteiger partial charge < -0.3 is 25.7 Å². The fourth-order valence-corrected chi connectivity index (χ4v) is 4.19. The van der Waals surface area contributed by atoms with Crippen LogP contribution in [0.1, 0.15) is 10.4 Å². The van der Waals surface area contributed by atoms with Gasteiger partial charge in [0.15, 0.2) is 12.1 Å². The Kier molecular flexibility index (Phi) is 7.84. The Hall–Kier alpha value is -3.34. The molecule has 1 aliphatic rings. The number of hydrogen-bond acceptors (Lipinski definition) is 10. The van der Waals surface area contributed by atoms with E-state index in [4.69, 9.17) is 4.74 Å². The summed E-state index contributed by atoms with van der Waals surface area (Å²) in [6, 6.07) is 13.7. The van der Waals surface area contributed by atoms with Gasteiger partial charge in [-0.15, -0.1) is 11.8 Å². The molecule has 178 valence electrons. The number of nitrogens with zero attached hydrogens (tertiary/aromatic N) is 4. The summed E-state index contributed by atoms with van der Waals surface area (Å²) in [6.07, 6.45) is 4.67. The Balaban J connectivity index is 1.63. The molecule has 0 unspecified atom stereocenters. The van der Waals surface area contributed by atoms with Gasteiger partial charge in [0, 0.05) is 38.1 Å². The van der Waals surface area contributed by atoms with Gasteiger partial charge in [-0.1, -0.05) is 12.1 Å². The molecule has 0 spiro atoms. The van der Waals surface area contributed by atoms with E-state index < -0.39 is 0 Å². The fraction of sp³-hybridized carbons (Fsp3) is 0.292. The van der Waals surface area contributed by atoms with Crippen LogP contribution in [0.15, 0.2) is 53.6 Å². The number of anilines is 6. The average molecular weight is 480 g/mol. The van der Waals surface area contributed by atoms with Gasteiger partial charge in [-0.05, 0) is 30.5 Å². The van der Waals surface area contributed by atoms with Crippen LogP contribution in [0.2, 0.25) is 0 Å². The summed E-state index contributed by atoms with van der Waals surface area (Å²) >= 11 is 1.64. The average Bonchev–Trinajstić information content (AvgIpc) is 2.85. The molecular formula is C24H29N7O2S. The molecule has 9 nitrogen and oxygen atoms in total. The molecular weight excluding hydrogens is 450 g/mol. The monoisotopic (exact) mass is 479 g/mol. The standard InChI is InChI=1S/C24H29N7O2S/c1-30(2)29-24-18(16-32)20(26-19-6-4-5-7-21(19)34-3)14-23(28-24)27-22-9-8-17(15-25-22)31-10-12-33-13-11-31/h4-9,14-16H,10-13H2,1-3H3,(H3,25,26,27,28,29). The van der Waals surface area contributed by atoms with E-state index in [1.807, 2.05) is 69.0 Å². The number of pyridine rings is 2. The number of aromatic nitrogens is 2. The maximum Gasteiger partial charge on any atom is 0.155 e. The molecule has 1 aromatic carbocycles. The number of rotatable bonds is 9. The SMILES string of the molecule is CSc1ccccc1Nc1cc(Nc2ccc(N3CCOCC3)cn2)nc(NN(C)C)c1C=O. The molecule has 0 aliphatic carbocycles. The number of carbonyl (C=O) groups excluding carboxylic acids is 1. The van der Waals surface area contributed by atoms with Crippen LogP contribution in [-0.2, 0) is 4.74 Å². The van der Waals surface area contributed by atoms with E-state index in [2.05, 4.69) is 30.9 Å². The molecule has 0 saturated carbocycles. The first kappa shape index (κ1) is 23.8. The van der Waals surface area contributed by atoms with Crippen LogP contribution in [0.3, 0.4) is 0 Å². The molecule has 0 amide bonds. The molecule has 0 atom stereocenters. The van der Waals surface area contributed by atoms with Crippen molar-refractivity contribution in [2.45, 2.75) is 4.90 Å². The lowest BCUT2D eigenvalue weighted by molar-refractivity contribution is 0.112. The van der Waals surface area contributed by atoms with Gasteiger partial charge in [0.1, 0.15) is 11.6 Å². The quantitative estimate of drug-likeness (QED) is 0.235. The molecule has 3 heterocycles. The Morgan fingerprint density at radius 3 is 2.53 bits per heavy atom. The van der Waals surface area contributed by atoms with Crippen molar-refractivity contribution in [2.75, 3.05) is 67.6 Å². The number of para-hydroxylation sites is 1. The number of carbonyl (C=O) groups is 1. The predicted octanol–water partition coefficient (Wildman–Crippen LogP) is 4.22. The highest BCUT2D eigenvalue weighted by Crippen LogP contribution is 2.33. The topological polar surface area (TPSA) is 94.7 Å². The zero-order valence-electron chi connectivity index (χ0n) is 19.5. The van der Waals surface area contributed by atoms with Crippen LogP contribution in [0.4, 0.5) is 34.5 Å². The normalized spacial score (nSPS) is 13.6. The lowest BCUT2D eigenvalue weighted by Crippen LogP contribution is -2.36. The highest BCUT2D eigenvalue weighted by molar-refractivity contribution is 7.98. The molecule has 0 radical (unpaired) electrons. The highest BCUT2D eigenvalue weighted by atomic mass is 32.2. The van der Waals surface area contributed by atoms with E-state index in [1.54, 1.807) is 16.8 Å². The van der Waals surface area contributed by atoms with Crippen molar-refractivity contribution >= 4 is 52.6 Å². The lowest BCUT2D eigenvalue weighted by atomic mass is 10.2. The van der Waals surface area contributed by atoms with Gasteiger partial charge in [0.25, 0.3) is 0 Å². The number of ether oxygens (including phenoxy) is 1. The summed E-state index contributed by atoms with van der Waals surface area (Å²) in [5.41, 5.74) is 6.18. The molecule has 0 bridgehead atoms. The Morgan fingerprint density at radius 1 is 1.06 bits per heavy atom. The van der Waals surface area contributed by atoms with Crippen molar-refractivity contribution in [1.82, 2.24) is 15.0 Å². The first-order valence-corrected chi connectivity index (χ1v) is 12.2. The van der Waals surface area contributed by atoms with Crippen molar-refractivity contribution in [1.29, 1.82) is 0 Å². The van der Waals surface area contributed by atoms with E-state index in [0.717, 1.165) is 48.9 Å². The van der Waals surface area contributed by atoms with Crippen LogP contribution in [-0.4, -0.2) is 67.9 Å². The number of nitrogens with one attached hydrogen (secondary N) is 3. The summed E-state index contributed by atoms with van der Waals surface area (Å²) in [6.45, 7) is 3.17. The molecule has 3 aromatic rings. The van der Waals surface area contributed by atoms with E-state index >= 15 is 0 Å². The Morgan fingerprint density at radius 2 is 1.85 bits per heavy atom. The Labute approximate surface area is 203 Å². The number of morpholine rings is 1.